The molecule has 0 saturated carbocycles. The lowest BCUT2D eigenvalue weighted by Gasteiger charge is -2.18. The van der Waals surface area contributed by atoms with Gasteiger partial charge in [-0.25, -0.2) is 9.59 Å². The number of carbonyl (C=O) groups excluding carboxylic acids is 3. The Bertz CT molecular complexity index is 1420. The van der Waals surface area contributed by atoms with E-state index >= 15 is 0 Å². The van der Waals surface area contributed by atoms with E-state index in [0.29, 0.717) is 27.1 Å². The molecular weight excluding hydrogens is 480 g/mol. The number of benzene rings is 3. The normalized spacial score (nSPS) is 11.5. The molecule has 1 heterocycles. The molecule has 0 aliphatic rings. The number of carbonyl (C=O) groups is 3. The van der Waals surface area contributed by atoms with Gasteiger partial charge < -0.3 is 14.7 Å². The summed E-state index contributed by atoms with van der Waals surface area (Å²) in [7, 11) is 3.18. The number of rotatable bonds is 6. The quantitative estimate of drug-likeness (QED) is 0.160. The average molecular weight is 503 g/mol. The summed E-state index contributed by atoms with van der Waals surface area (Å²) >= 11 is 6.13. The molecule has 1 aromatic heterocycles. The molecule has 1 amide bonds. The molecule has 4 aromatic rings. The summed E-state index contributed by atoms with van der Waals surface area (Å²) in [6.45, 7) is 0. The van der Waals surface area contributed by atoms with Crippen LogP contribution in [0.2, 0.25) is 5.02 Å². The van der Waals surface area contributed by atoms with E-state index in [0.717, 1.165) is 6.08 Å². The molecule has 8 heteroatoms. The van der Waals surface area contributed by atoms with Crippen LogP contribution in [0.15, 0.2) is 91.1 Å². The largest absolute Gasteiger partial charge is 0.507 e. The first kappa shape index (κ1) is 24.8. The van der Waals surface area contributed by atoms with Crippen LogP contribution in [0.5, 0.6) is 0 Å². The number of ether oxygens (including phenoxy) is 1. The second-order valence-corrected chi connectivity index (χ2v) is 8.69. The molecule has 0 aliphatic carbocycles. The molecule has 0 radical (unpaired) electrons. The third-order valence-electron chi connectivity index (χ3n) is 5.53. The summed E-state index contributed by atoms with van der Waals surface area (Å²) in [5.41, 5.74) is 2.04. The first-order chi connectivity index (χ1) is 17.3. The third-order valence-corrected chi connectivity index (χ3v) is 5.76. The Balaban J connectivity index is 1.65. The molecule has 7 nitrogen and oxygen atoms in total. The number of hydrogen-bond acceptors (Lipinski definition) is 5. The van der Waals surface area contributed by atoms with Crippen LogP contribution in [0.4, 0.5) is 4.79 Å². The van der Waals surface area contributed by atoms with Crippen molar-refractivity contribution < 1.29 is 24.2 Å². The molecule has 0 unspecified atom stereocenters. The van der Waals surface area contributed by atoms with Gasteiger partial charge in [0.25, 0.3) is 5.78 Å². The number of amides is 1. The molecule has 0 fully saturated rings. The van der Waals surface area contributed by atoms with E-state index in [1.165, 1.54) is 15.7 Å². The van der Waals surface area contributed by atoms with Gasteiger partial charge in [-0.2, -0.15) is 0 Å². The maximum absolute atomic E-state index is 12.8. The van der Waals surface area contributed by atoms with E-state index in [2.05, 4.69) is 0 Å². The lowest BCUT2D eigenvalue weighted by molar-refractivity contribution is -0.154. The highest BCUT2D eigenvalue weighted by Gasteiger charge is 2.24. The minimum Gasteiger partial charge on any atom is -0.507 e. The second-order valence-electron chi connectivity index (χ2n) is 8.25. The number of ketones is 1. The first-order valence-corrected chi connectivity index (χ1v) is 11.4. The van der Waals surface area contributed by atoms with Crippen LogP contribution < -0.4 is 0 Å². The fraction of sp³-hybridized carbons (Fsp3) is 0.107. The van der Waals surface area contributed by atoms with Crippen LogP contribution in [0, 0.1) is 0 Å². The number of halogens is 1. The Kier molecular flexibility index (Phi) is 7.22. The van der Waals surface area contributed by atoms with Gasteiger partial charge in [0, 0.05) is 42.3 Å². The van der Waals surface area contributed by atoms with Gasteiger partial charge in [-0.1, -0.05) is 72.3 Å². The van der Waals surface area contributed by atoms with Crippen LogP contribution in [-0.2, 0) is 14.3 Å². The number of nitrogens with zero attached hydrogens (tertiary/aromatic N) is 2. The zero-order valence-electron chi connectivity index (χ0n) is 19.6. The predicted octanol–water partition coefficient (Wildman–Crippen LogP) is 5.63. The number of aliphatic hydroxyl groups excluding tert-OH is 1. The summed E-state index contributed by atoms with van der Waals surface area (Å²) in [6.07, 6.45) is 1.37. The fourth-order valence-electron chi connectivity index (χ4n) is 3.79. The van der Waals surface area contributed by atoms with Crippen LogP contribution in [0.3, 0.4) is 0 Å². The van der Waals surface area contributed by atoms with Crippen LogP contribution in [0.1, 0.15) is 22.8 Å². The van der Waals surface area contributed by atoms with Gasteiger partial charge >= 0.3 is 12.0 Å². The topological polar surface area (TPSA) is 88.8 Å². The van der Waals surface area contributed by atoms with Crippen molar-refractivity contribution in [1.82, 2.24) is 9.47 Å². The highest BCUT2D eigenvalue weighted by atomic mass is 35.5. The highest BCUT2D eigenvalue weighted by molar-refractivity contribution is 6.39. The smallest absolute Gasteiger partial charge is 0.380 e. The van der Waals surface area contributed by atoms with Gasteiger partial charge in [0.2, 0.25) is 0 Å². The SMILES string of the molecule is CN(C)C(=O)n1cc(/C(O)=C/C(=O)C(=O)OC(c2ccccc2)c2ccccc2)c2cc(Cl)ccc21. The van der Waals surface area contributed by atoms with Crippen molar-refractivity contribution in [1.29, 1.82) is 0 Å². The van der Waals surface area contributed by atoms with Gasteiger partial charge in [0.1, 0.15) is 5.76 Å². The van der Waals surface area contributed by atoms with Crippen molar-refractivity contribution in [3.8, 4) is 0 Å². The van der Waals surface area contributed by atoms with Crippen molar-refractivity contribution in [2.75, 3.05) is 14.1 Å². The molecule has 0 saturated heterocycles. The van der Waals surface area contributed by atoms with E-state index < -0.39 is 23.6 Å². The molecule has 4 rings (SSSR count). The Morgan fingerprint density at radius 2 is 1.53 bits per heavy atom. The lowest BCUT2D eigenvalue weighted by Crippen LogP contribution is -2.26. The Labute approximate surface area is 212 Å². The fourth-order valence-corrected chi connectivity index (χ4v) is 3.96. The minimum absolute atomic E-state index is 0.173. The minimum atomic E-state index is -1.13. The van der Waals surface area contributed by atoms with Crippen LogP contribution >= 0.6 is 11.6 Å². The van der Waals surface area contributed by atoms with Crippen molar-refractivity contribution in [2.45, 2.75) is 6.10 Å². The Morgan fingerprint density at radius 3 is 2.08 bits per heavy atom. The van der Waals surface area contributed by atoms with Gasteiger partial charge in [-0.15, -0.1) is 0 Å². The van der Waals surface area contributed by atoms with E-state index in [9.17, 15) is 19.5 Å². The molecule has 1 N–H and O–H groups in total. The maximum Gasteiger partial charge on any atom is 0.380 e. The number of aromatic nitrogens is 1. The zero-order chi connectivity index (χ0) is 25.8. The van der Waals surface area contributed by atoms with Gasteiger partial charge in [-0.3, -0.25) is 9.36 Å². The Hall–Kier alpha value is -4.36. The van der Waals surface area contributed by atoms with E-state index in [4.69, 9.17) is 16.3 Å². The Morgan fingerprint density at radius 1 is 0.944 bits per heavy atom. The van der Waals surface area contributed by atoms with Crippen molar-refractivity contribution in [3.63, 3.8) is 0 Å². The van der Waals surface area contributed by atoms with E-state index in [1.54, 1.807) is 56.6 Å². The van der Waals surface area contributed by atoms with E-state index in [-0.39, 0.29) is 11.6 Å². The van der Waals surface area contributed by atoms with Crippen molar-refractivity contribution in [2.24, 2.45) is 0 Å². The summed E-state index contributed by atoms with van der Waals surface area (Å²) in [4.78, 5) is 39.5. The van der Waals surface area contributed by atoms with Crippen LogP contribution in [0.25, 0.3) is 16.7 Å². The standard InChI is InChI=1S/C28H23ClN2O5/c1-30(2)28(35)31-17-22(21-15-20(29)13-14-23(21)31)24(32)16-25(33)27(34)36-26(18-9-5-3-6-10-18)19-11-7-4-8-12-19/h3-17,26,32H,1-2H3/b24-16-. The molecule has 0 bridgehead atoms. The summed E-state index contributed by atoms with van der Waals surface area (Å²) in [5, 5.41) is 11.6. The molecule has 36 heavy (non-hydrogen) atoms. The molecule has 182 valence electrons. The monoisotopic (exact) mass is 502 g/mol. The number of esters is 1. The predicted molar refractivity (Wildman–Crippen MR) is 138 cm³/mol. The average Bonchev–Trinajstić information content (AvgIpc) is 3.26. The lowest BCUT2D eigenvalue weighted by atomic mass is 10.0. The van der Waals surface area contributed by atoms with Gasteiger partial charge in [0.05, 0.1) is 5.52 Å². The van der Waals surface area contributed by atoms with Crippen LogP contribution in [-0.4, -0.2) is 46.5 Å². The first-order valence-electron chi connectivity index (χ1n) is 11.0. The van der Waals surface area contributed by atoms with Crippen molar-refractivity contribution in [3.05, 3.63) is 113 Å². The number of hydrogen-bond donors (Lipinski definition) is 1. The molecule has 0 aliphatic heterocycles. The summed E-state index contributed by atoms with van der Waals surface area (Å²) in [6, 6.07) is 22.5. The van der Waals surface area contributed by atoms with E-state index in [1.807, 2.05) is 36.4 Å². The molecule has 0 atom stereocenters. The maximum atomic E-state index is 12.8. The zero-order valence-corrected chi connectivity index (χ0v) is 20.3. The van der Waals surface area contributed by atoms with Crippen molar-refractivity contribution >= 4 is 46.0 Å². The third kappa shape index (κ3) is 5.16. The molecular formula is C28H23ClN2O5. The number of aliphatic hydroxyl groups is 1. The second kappa shape index (κ2) is 10.5. The summed E-state index contributed by atoms with van der Waals surface area (Å²) < 4.78 is 6.90. The van der Waals surface area contributed by atoms with Gasteiger partial charge in [-0.05, 0) is 29.3 Å². The highest BCUT2D eigenvalue weighted by Crippen LogP contribution is 2.30. The molecule has 0 spiro atoms. The summed E-state index contributed by atoms with van der Waals surface area (Å²) in [5.74, 6) is -2.68. The number of fused-ring (bicyclic) bond motifs is 1. The van der Waals surface area contributed by atoms with Gasteiger partial charge in [0.15, 0.2) is 6.10 Å². The molecule has 3 aromatic carbocycles.